The van der Waals surface area contributed by atoms with Crippen LogP contribution in [0.25, 0.3) is 0 Å². The Labute approximate surface area is 116 Å². The van der Waals surface area contributed by atoms with Crippen molar-refractivity contribution in [3.05, 3.63) is 0 Å². The highest BCUT2D eigenvalue weighted by Crippen LogP contribution is 2.08. The molecule has 0 aromatic rings. The van der Waals surface area contributed by atoms with E-state index in [9.17, 15) is 0 Å². The first-order chi connectivity index (χ1) is 8.72. The Bertz CT molecular complexity index is 160. The van der Waals surface area contributed by atoms with Gasteiger partial charge in [-0.3, -0.25) is 0 Å². The van der Waals surface area contributed by atoms with Crippen LogP contribution in [0.2, 0.25) is 0 Å². The molecule has 0 bridgehead atoms. The fourth-order valence-electron chi connectivity index (χ4n) is 2.44. The Morgan fingerprint density at radius 1 is 0.833 bits per heavy atom. The average molecular weight is 256 g/mol. The van der Waals surface area contributed by atoms with E-state index in [1.807, 2.05) is 13.8 Å². The van der Waals surface area contributed by atoms with E-state index in [4.69, 9.17) is 0 Å². The molecule has 0 unspecified atom stereocenters. The summed E-state index contributed by atoms with van der Waals surface area (Å²) in [5, 5.41) is 0. The molecule has 1 fully saturated rings. The van der Waals surface area contributed by atoms with E-state index in [0.717, 1.165) is 5.92 Å². The number of piperazine rings is 1. The molecule has 0 amide bonds. The van der Waals surface area contributed by atoms with Crippen LogP contribution >= 0.6 is 0 Å². The van der Waals surface area contributed by atoms with Gasteiger partial charge >= 0.3 is 0 Å². The highest BCUT2D eigenvalue weighted by Gasteiger charge is 2.15. The van der Waals surface area contributed by atoms with E-state index in [2.05, 4.69) is 30.6 Å². The number of hydrogen-bond acceptors (Lipinski definition) is 2. The van der Waals surface area contributed by atoms with Gasteiger partial charge < -0.3 is 9.80 Å². The summed E-state index contributed by atoms with van der Waals surface area (Å²) in [7, 11) is 0. The molecule has 0 aliphatic carbocycles. The lowest BCUT2D eigenvalue weighted by atomic mass is 10.1. The van der Waals surface area contributed by atoms with Gasteiger partial charge in [-0.05, 0) is 31.8 Å². The van der Waals surface area contributed by atoms with E-state index in [0.29, 0.717) is 0 Å². The maximum absolute atomic E-state index is 2.65. The lowest BCUT2D eigenvalue weighted by Crippen LogP contribution is -2.46. The third kappa shape index (κ3) is 8.93. The van der Waals surface area contributed by atoms with Gasteiger partial charge in [0.25, 0.3) is 0 Å². The third-order valence-corrected chi connectivity index (χ3v) is 3.51. The van der Waals surface area contributed by atoms with Crippen LogP contribution in [0.4, 0.5) is 0 Å². The summed E-state index contributed by atoms with van der Waals surface area (Å²) >= 11 is 0. The largest absolute Gasteiger partial charge is 0.301 e. The lowest BCUT2D eigenvalue weighted by molar-refractivity contribution is 0.130. The fourth-order valence-corrected chi connectivity index (χ4v) is 2.44. The summed E-state index contributed by atoms with van der Waals surface area (Å²) in [5.41, 5.74) is 0. The Morgan fingerprint density at radius 3 is 1.78 bits per heavy atom. The topological polar surface area (TPSA) is 6.48 Å². The number of nitrogens with zero attached hydrogens (tertiary/aromatic N) is 2. The summed E-state index contributed by atoms with van der Waals surface area (Å²) in [6.07, 6.45) is 5.50. The van der Waals surface area contributed by atoms with Crippen LogP contribution < -0.4 is 0 Å². The molecule has 2 heteroatoms. The van der Waals surface area contributed by atoms with Crippen LogP contribution in [0.5, 0.6) is 0 Å². The van der Waals surface area contributed by atoms with Crippen molar-refractivity contribution in [2.24, 2.45) is 5.92 Å². The van der Waals surface area contributed by atoms with Crippen molar-refractivity contribution in [2.75, 3.05) is 39.3 Å². The number of unbranched alkanes of at least 4 members (excludes halogenated alkanes) is 1. The quantitative estimate of drug-likeness (QED) is 0.638. The summed E-state index contributed by atoms with van der Waals surface area (Å²) in [5.74, 6) is 0.876. The molecule has 0 N–H and O–H groups in total. The highest BCUT2D eigenvalue weighted by atomic mass is 15.3. The Hall–Kier alpha value is -0.0800. The van der Waals surface area contributed by atoms with Crippen molar-refractivity contribution in [1.29, 1.82) is 0 Å². The Balaban J connectivity index is 0.00000137. The molecule has 1 saturated heterocycles. The van der Waals surface area contributed by atoms with E-state index in [1.54, 1.807) is 0 Å². The van der Waals surface area contributed by atoms with E-state index >= 15 is 0 Å². The maximum atomic E-state index is 2.65. The maximum Gasteiger partial charge on any atom is 0.0110 e. The minimum absolute atomic E-state index is 0.876. The van der Waals surface area contributed by atoms with Crippen LogP contribution in [-0.4, -0.2) is 49.1 Å². The van der Waals surface area contributed by atoms with Gasteiger partial charge in [0.2, 0.25) is 0 Å². The van der Waals surface area contributed by atoms with Gasteiger partial charge in [0.15, 0.2) is 0 Å². The first kappa shape index (κ1) is 17.9. The van der Waals surface area contributed by atoms with Gasteiger partial charge in [-0.2, -0.15) is 0 Å². The molecule has 0 atom stereocenters. The highest BCUT2D eigenvalue weighted by molar-refractivity contribution is 4.71. The second kappa shape index (κ2) is 12.0. The van der Waals surface area contributed by atoms with Crippen molar-refractivity contribution in [3.8, 4) is 0 Å². The summed E-state index contributed by atoms with van der Waals surface area (Å²) in [6.45, 7) is 18.7. The Kier molecular flexibility index (Phi) is 11.9. The molecule has 1 heterocycles. The zero-order valence-corrected chi connectivity index (χ0v) is 13.5. The fraction of sp³-hybridized carbons (Fsp3) is 1.00. The molecular formula is C16H36N2. The zero-order chi connectivity index (χ0) is 13.8. The van der Waals surface area contributed by atoms with Gasteiger partial charge in [0.1, 0.15) is 0 Å². The average Bonchev–Trinajstić information content (AvgIpc) is 2.39. The smallest absolute Gasteiger partial charge is 0.0110 e. The predicted octanol–water partition coefficient (Wildman–Crippen LogP) is 3.87. The van der Waals surface area contributed by atoms with Crippen LogP contribution in [0.15, 0.2) is 0 Å². The molecule has 1 aliphatic rings. The molecule has 0 spiro atoms. The van der Waals surface area contributed by atoms with Crippen molar-refractivity contribution in [3.63, 3.8) is 0 Å². The first-order valence-corrected chi connectivity index (χ1v) is 8.17. The third-order valence-electron chi connectivity index (χ3n) is 3.51. The van der Waals surface area contributed by atoms with Gasteiger partial charge in [-0.15, -0.1) is 0 Å². The molecule has 0 aromatic heterocycles. The van der Waals surface area contributed by atoms with Crippen molar-refractivity contribution >= 4 is 0 Å². The standard InChI is InChI=1S/C14H30N2.C2H6/c1-4-8-15-10-12-16(13-11-15)9-6-5-7-14(2)3;1-2/h14H,4-13H2,1-3H3;1-2H3. The zero-order valence-electron chi connectivity index (χ0n) is 13.5. The second-order valence-electron chi connectivity index (χ2n) is 5.57. The van der Waals surface area contributed by atoms with E-state index in [1.165, 1.54) is 65.0 Å². The van der Waals surface area contributed by atoms with Crippen molar-refractivity contribution in [2.45, 2.75) is 60.3 Å². The minimum atomic E-state index is 0.876. The van der Waals surface area contributed by atoms with E-state index < -0.39 is 0 Å². The van der Waals surface area contributed by atoms with Crippen LogP contribution in [0.3, 0.4) is 0 Å². The lowest BCUT2D eigenvalue weighted by Gasteiger charge is -2.34. The molecular weight excluding hydrogens is 220 g/mol. The SMILES string of the molecule is CC.CCCN1CCN(CCCCC(C)C)CC1. The van der Waals surface area contributed by atoms with Crippen molar-refractivity contribution < 1.29 is 0 Å². The molecule has 18 heavy (non-hydrogen) atoms. The molecule has 1 aliphatic heterocycles. The van der Waals surface area contributed by atoms with Crippen LogP contribution in [0.1, 0.15) is 60.3 Å². The normalized spacial score (nSPS) is 17.7. The van der Waals surface area contributed by atoms with Crippen LogP contribution in [-0.2, 0) is 0 Å². The van der Waals surface area contributed by atoms with Gasteiger partial charge in [0.05, 0.1) is 0 Å². The second-order valence-corrected chi connectivity index (χ2v) is 5.57. The van der Waals surface area contributed by atoms with Crippen LogP contribution in [0, 0.1) is 5.92 Å². The minimum Gasteiger partial charge on any atom is -0.301 e. The van der Waals surface area contributed by atoms with E-state index in [-0.39, 0.29) is 0 Å². The summed E-state index contributed by atoms with van der Waals surface area (Å²) in [6, 6.07) is 0. The first-order valence-electron chi connectivity index (χ1n) is 8.17. The Morgan fingerprint density at radius 2 is 1.33 bits per heavy atom. The molecule has 0 saturated carbocycles. The van der Waals surface area contributed by atoms with Gasteiger partial charge in [-0.25, -0.2) is 0 Å². The monoisotopic (exact) mass is 256 g/mol. The number of hydrogen-bond donors (Lipinski definition) is 0. The molecule has 110 valence electrons. The van der Waals surface area contributed by atoms with Gasteiger partial charge in [-0.1, -0.05) is 47.5 Å². The predicted molar refractivity (Wildman–Crippen MR) is 83.2 cm³/mol. The number of rotatable bonds is 7. The van der Waals surface area contributed by atoms with Crippen molar-refractivity contribution in [1.82, 2.24) is 9.80 Å². The summed E-state index contributed by atoms with van der Waals surface area (Å²) < 4.78 is 0. The molecule has 1 rings (SSSR count). The molecule has 0 radical (unpaired) electrons. The molecule has 2 nitrogen and oxygen atoms in total. The molecule has 0 aromatic carbocycles. The summed E-state index contributed by atoms with van der Waals surface area (Å²) in [4.78, 5) is 5.25. The van der Waals surface area contributed by atoms with Gasteiger partial charge in [0, 0.05) is 26.2 Å².